The number of H-pyrrole nitrogens is 1. The molecule has 0 spiro atoms. The molecule has 0 aliphatic rings. The summed E-state index contributed by atoms with van der Waals surface area (Å²) in [5.74, 6) is 0. The molecule has 0 saturated carbocycles. The average Bonchev–Trinajstić information content (AvgIpc) is 2.86. The summed E-state index contributed by atoms with van der Waals surface area (Å²) in [6.45, 7) is 7.10. The Morgan fingerprint density at radius 1 is 1.47 bits per heavy atom. The van der Waals surface area contributed by atoms with E-state index in [2.05, 4.69) is 41.2 Å². The van der Waals surface area contributed by atoms with Crippen LogP contribution in [-0.4, -0.2) is 19.7 Å². The molecule has 2 N–H and O–H groups in total. The highest BCUT2D eigenvalue weighted by Crippen LogP contribution is 2.20. The van der Waals surface area contributed by atoms with E-state index >= 15 is 0 Å². The van der Waals surface area contributed by atoms with E-state index in [4.69, 9.17) is 0 Å². The number of aryl methyl sites for hydroxylation is 2. The van der Waals surface area contributed by atoms with Gasteiger partial charge in [-0.15, -0.1) is 0 Å². The van der Waals surface area contributed by atoms with Crippen molar-refractivity contribution in [2.24, 2.45) is 7.05 Å². The van der Waals surface area contributed by atoms with Gasteiger partial charge in [0.1, 0.15) is 0 Å². The van der Waals surface area contributed by atoms with Crippen molar-refractivity contribution in [3.8, 4) is 0 Å². The number of hydrogen-bond donors (Lipinski definition) is 2. The highest BCUT2D eigenvalue weighted by Gasteiger charge is 2.15. The van der Waals surface area contributed by atoms with E-state index in [9.17, 15) is 0 Å². The third-order valence-corrected chi connectivity index (χ3v) is 3.15. The summed E-state index contributed by atoms with van der Waals surface area (Å²) < 4.78 is 1.93. The topological polar surface area (TPSA) is 58.5 Å². The number of aromatic nitrogens is 4. The van der Waals surface area contributed by atoms with Gasteiger partial charge in [-0.25, -0.2) is 4.98 Å². The summed E-state index contributed by atoms with van der Waals surface area (Å²) in [4.78, 5) is 7.08. The lowest BCUT2D eigenvalue weighted by Crippen LogP contribution is -2.19. The molecule has 0 aromatic carbocycles. The van der Waals surface area contributed by atoms with Crippen molar-refractivity contribution >= 4 is 0 Å². The van der Waals surface area contributed by atoms with Crippen molar-refractivity contribution in [1.82, 2.24) is 25.1 Å². The molecule has 0 aliphatic heterocycles. The minimum atomic E-state index is 0.284. The Kier molecular flexibility index (Phi) is 3.28. The average molecular weight is 233 g/mol. The van der Waals surface area contributed by atoms with Gasteiger partial charge in [0, 0.05) is 42.8 Å². The molecule has 17 heavy (non-hydrogen) atoms. The molecular formula is C12H19N5. The molecule has 2 rings (SSSR count). The van der Waals surface area contributed by atoms with Gasteiger partial charge in [-0.05, 0) is 20.8 Å². The number of hydrogen-bond acceptors (Lipinski definition) is 3. The van der Waals surface area contributed by atoms with Gasteiger partial charge in [-0.1, -0.05) is 0 Å². The van der Waals surface area contributed by atoms with E-state index in [1.54, 1.807) is 6.33 Å². The smallest absolute Gasteiger partial charge is 0.0922 e. The molecule has 92 valence electrons. The molecule has 0 amide bonds. The molecule has 0 saturated heterocycles. The van der Waals surface area contributed by atoms with E-state index in [1.807, 2.05) is 17.9 Å². The molecule has 1 atom stereocenters. The molecule has 2 heterocycles. The summed E-state index contributed by atoms with van der Waals surface area (Å²) in [6, 6.07) is 0.284. The predicted molar refractivity (Wildman–Crippen MR) is 66.5 cm³/mol. The summed E-state index contributed by atoms with van der Waals surface area (Å²) in [7, 11) is 1.98. The van der Waals surface area contributed by atoms with Crippen molar-refractivity contribution in [2.75, 3.05) is 0 Å². The van der Waals surface area contributed by atoms with Crippen LogP contribution in [0.3, 0.4) is 0 Å². The van der Waals surface area contributed by atoms with Crippen molar-refractivity contribution in [1.29, 1.82) is 0 Å². The Hall–Kier alpha value is -1.62. The Labute approximate surface area is 101 Å². The molecule has 2 aromatic heterocycles. The molecule has 1 unspecified atom stereocenters. The van der Waals surface area contributed by atoms with Gasteiger partial charge in [0.2, 0.25) is 0 Å². The lowest BCUT2D eigenvalue weighted by molar-refractivity contribution is 0.563. The summed E-state index contributed by atoms with van der Waals surface area (Å²) in [6.07, 6.45) is 3.53. The van der Waals surface area contributed by atoms with Gasteiger partial charge in [-0.2, -0.15) is 5.10 Å². The maximum atomic E-state index is 4.43. The first kappa shape index (κ1) is 11.9. The number of imidazole rings is 1. The van der Waals surface area contributed by atoms with Gasteiger partial charge < -0.3 is 10.3 Å². The van der Waals surface area contributed by atoms with Crippen LogP contribution in [0.4, 0.5) is 0 Å². The van der Waals surface area contributed by atoms with Crippen LogP contribution in [-0.2, 0) is 13.6 Å². The highest BCUT2D eigenvalue weighted by molar-refractivity contribution is 5.27. The monoisotopic (exact) mass is 233 g/mol. The van der Waals surface area contributed by atoms with Crippen LogP contribution >= 0.6 is 0 Å². The zero-order chi connectivity index (χ0) is 12.4. The van der Waals surface area contributed by atoms with Crippen LogP contribution in [0, 0.1) is 13.8 Å². The maximum absolute atomic E-state index is 4.43. The summed E-state index contributed by atoms with van der Waals surface area (Å²) in [5.41, 5.74) is 4.68. The largest absolute Gasteiger partial charge is 0.347 e. The van der Waals surface area contributed by atoms with E-state index in [-0.39, 0.29) is 6.04 Å². The molecule has 0 aliphatic carbocycles. The van der Waals surface area contributed by atoms with Gasteiger partial charge in [-0.3, -0.25) is 4.68 Å². The van der Waals surface area contributed by atoms with E-state index in [0.29, 0.717) is 0 Å². The standard InChI is InChI=1S/C12H19N5/c1-8(14-6-11-5-13-7-15-11)12-9(2)16-17(4)10(12)3/h5,7-8,14H,6H2,1-4H3,(H,13,15). The molecule has 0 fully saturated rings. The third kappa shape index (κ3) is 2.39. The lowest BCUT2D eigenvalue weighted by Gasteiger charge is -2.14. The third-order valence-electron chi connectivity index (χ3n) is 3.15. The number of nitrogens with zero attached hydrogens (tertiary/aromatic N) is 3. The second-order valence-electron chi connectivity index (χ2n) is 4.39. The molecule has 2 aromatic rings. The normalized spacial score (nSPS) is 12.9. The Bertz CT molecular complexity index is 483. The summed E-state index contributed by atoms with van der Waals surface area (Å²) in [5, 5.41) is 7.90. The van der Waals surface area contributed by atoms with Crippen molar-refractivity contribution in [3.63, 3.8) is 0 Å². The van der Waals surface area contributed by atoms with Crippen molar-refractivity contribution in [3.05, 3.63) is 35.2 Å². The molecule has 0 bridgehead atoms. The van der Waals surface area contributed by atoms with Crippen LogP contribution < -0.4 is 5.32 Å². The van der Waals surface area contributed by atoms with Crippen LogP contribution in [0.2, 0.25) is 0 Å². The zero-order valence-corrected chi connectivity index (χ0v) is 10.8. The van der Waals surface area contributed by atoms with Gasteiger partial charge in [0.15, 0.2) is 0 Å². The first-order valence-electron chi connectivity index (χ1n) is 5.80. The molecular weight excluding hydrogens is 214 g/mol. The quantitative estimate of drug-likeness (QED) is 0.843. The Morgan fingerprint density at radius 3 is 2.76 bits per heavy atom. The van der Waals surface area contributed by atoms with Gasteiger partial charge >= 0.3 is 0 Å². The van der Waals surface area contributed by atoms with Gasteiger partial charge in [0.05, 0.1) is 12.0 Å². The molecule has 5 nitrogen and oxygen atoms in total. The SMILES string of the molecule is Cc1nn(C)c(C)c1C(C)NCc1cnc[nH]1. The van der Waals surface area contributed by atoms with Gasteiger partial charge in [0.25, 0.3) is 0 Å². The fourth-order valence-electron chi connectivity index (χ4n) is 2.16. The first-order chi connectivity index (χ1) is 8.09. The van der Waals surface area contributed by atoms with Crippen molar-refractivity contribution in [2.45, 2.75) is 33.4 Å². The second kappa shape index (κ2) is 4.71. The Morgan fingerprint density at radius 2 is 2.24 bits per heavy atom. The lowest BCUT2D eigenvalue weighted by atomic mass is 10.1. The molecule has 5 heteroatoms. The summed E-state index contributed by atoms with van der Waals surface area (Å²) >= 11 is 0. The second-order valence-corrected chi connectivity index (χ2v) is 4.39. The fourth-order valence-corrected chi connectivity index (χ4v) is 2.16. The van der Waals surface area contributed by atoms with E-state index in [0.717, 1.165) is 17.9 Å². The number of rotatable bonds is 4. The fraction of sp³-hybridized carbons (Fsp3) is 0.500. The van der Waals surface area contributed by atoms with Crippen LogP contribution in [0.1, 0.15) is 35.6 Å². The van der Waals surface area contributed by atoms with Crippen molar-refractivity contribution < 1.29 is 0 Å². The Balaban J connectivity index is 2.07. The van der Waals surface area contributed by atoms with Crippen LogP contribution in [0.25, 0.3) is 0 Å². The van der Waals surface area contributed by atoms with E-state index < -0.39 is 0 Å². The van der Waals surface area contributed by atoms with Crippen LogP contribution in [0.15, 0.2) is 12.5 Å². The number of nitrogens with one attached hydrogen (secondary N) is 2. The maximum Gasteiger partial charge on any atom is 0.0922 e. The minimum Gasteiger partial charge on any atom is -0.347 e. The predicted octanol–water partition coefficient (Wildman–Crippen LogP) is 1.61. The zero-order valence-electron chi connectivity index (χ0n) is 10.8. The first-order valence-corrected chi connectivity index (χ1v) is 5.80. The highest BCUT2D eigenvalue weighted by atomic mass is 15.3. The number of aromatic amines is 1. The van der Waals surface area contributed by atoms with Crippen LogP contribution in [0.5, 0.6) is 0 Å². The van der Waals surface area contributed by atoms with E-state index in [1.165, 1.54) is 11.3 Å². The molecule has 0 radical (unpaired) electrons. The minimum absolute atomic E-state index is 0.284.